The Balaban J connectivity index is 2.29. The molecule has 26 heavy (non-hydrogen) atoms. The largest absolute Gasteiger partial charge is 0.493 e. The van der Waals surface area contributed by atoms with E-state index in [0.29, 0.717) is 12.2 Å². The maximum Gasteiger partial charge on any atom is 0.348 e. The molecule has 0 fully saturated rings. The van der Waals surface area contributed by atoms with E-state index in [1.165, 1.54) is 0 Å². The van der Waals surface area contributed by atoms with E-state index in [0.717, 1.165) is 0 Å². The Kier molecular flexibility index (Phi) is 3.94. The molecule has 134 valence electrons. The standard InChI is InChI=1S/C14H6F4N4O4/c15-7-3(1-5-11(23)21-13(25)19-5)8(16)10(18)4(9(7)17)2-6-12(24)22-14(26)20-6/h1-2,23H,(H2,19,21,25)(H,22,24,26). The van der Waals surface area contributed by atoms with Crippen molar-refractivity contribution in [3.63, 3.8) is 0 Å². The van der Waals surface area contributed by atoms with Gasteiger partial charge < -0.3 is 10.1 Å². The van der Waals surface area contributed by atoms with Gasteiger partial charge in [0.05, 0.1) is 10.4 Å². The molecule has 0 atom stereocenters. The first-order valence-electron chi connectivity index (χ1n) is 6.69. The van der Waals surface area contributed by atoms with Gasteiger partial charge in [-0.25, -0.2) is 27.2 Å². The van der Waals surface area contributed by atoms with Gasteiger partial charge in [-0.1, -0.05) is 0 Å². The summed E-state index contributed by atoms with van der Waals surface area (Å²) in [4.78, 5) is 40.2. The molecule has 0 unspecified atom stereocenters. The third kappa shape index (κ3) is 2.76. The van der Waals surface area contributed by atoms with Gasteiger partial charge in [0.25, 0.3) is 5.91 Å². The summed E-state index contributed by atoms with van der Waals surface area (Å²) in [6.45, 7) is 0. The number of aliphatic imine (C=N–C) groups is 1. The van der Waals surface area contributed by atoms with E-state index in [4.69, 9.17) is 0 Å². The van der Waals surface area contributed by atoms with Crippen LogP contribution in [0.15, 0.2) is 9.79 Å². The van der Waals surface area contributed by atoms with Crippen LogP contribution in [0.3, 0.4) is 0 Å². The maximum absolute atomic E-state index is 14.2. The van der Waals surface area contributed by atoms with Crippen LogP contribution in [-0.4, -0.2) is 32.7 Å². The zero-order valence-electron chi connectivity index (χ0n) is 12.3. The highest BCUT2D eigenvalue weighted by atomic mass is 19.2. The highest BCUT2D eigenvalue weighted by molar-refractivity contribution is 6.55. The second-order valence-electron chi connectivity index (χ2n) is 4.97. The lowest BCUT2D eigenvalue weighted by Crippen LogP contribution is -2.31. The quantitative estimate of drug-likeness (QED) is 0.410. The number of amides is 3. The number of imidazole rings is 1. The van der Waals surface area contributed by atoms with Crippen LogP contribution < -0.4 is 21.4 Å². The Hall–Kier alpha value is -3.70. The van der Waals surface area contributed by atoms with E-state index >= 15 is 0 Å². The summed E-state index contributed by atoms with van der Waals surface area (Å²) in [6, 6.07) is -1.10. The van der Waals surface area contributed by atoms with Gasteiger partial charge in [0.1, 0.15) is 11.4 Å². The fourth-order valence-corrected chi connectivity index (χ4v) is 2.14. The number of hydrogen-bond donors (Lipinski definition) is 4. The Morgan fingerprint density at radius 3 is 1.81 bits per heavy atom. The number of aromatic nitrogens is 2. The molecule has 3 amide bonds. The molecule has 2 heterocycles. The number of H-pyrrole nitrogens is 2. The summed E-state index contributed by atoms with van der Waals surface area (Å²) in [5.74, 6) is -9.37. The summed E-state index contributed by atoms with van der Waals surface area (Å²) < 4.78 is 56.6. The van der Waals surface area contributed by atoms with Gasteiger partial charge >= 0.3 is 11.7 Å². The molecule has 0 spiro atoms. The van der Waals surface area contributed by atoms with Crippen LogP contribution in [0.4, 0.5) is 22.4 Å². The van der Waals surface area contributed by atoms with Crippen molar-refractivity contribution in [3.05, 3.63) is 49.9 Å². The monoisotopic (exact) mass is 370 g/mol. The number of benzene rings is 1. The fraction of sp³-hybridized carbons (Fsp3) is 0. The van der Waals surface area contributed by atoms with Gasteiger partial charge in [0.2, 0.25) is 5.88 Å². The van der Waals surface area contributed by atoms with Crippen molar-refractivity contribution >= 4 is 29.8 Å². The number of carbonyl (C=O) groups excluding carboxylic acids is 2. The van der Waals surface area contributed by atoms with Crippen molar-refractivity contribution in [1.82, 2.24) is 15.3 Å². The molecule has 0 radical (unpaired) electrons. The van der Waals surface area contributed by atoms with Crippen LogP contribution in [0.1, 0.15) is 5.69 Å². The lowest BCUT2D eigenvalue weighted by molar-refractivity contribution is -0.113. The molecule has 0 saturated heterocycles. The zero-order chi connectivity index (χ0) is 19.2. The number of imide groups is 1. The SMILES string of the molecule is O=C1N=C(C=c2c(F)c(F)c(=Cc3[nH]c(=O)[nH]c3O)c(F)c2F)C(=O)N1. The van der Waals surface area contributed by atoms with Gasteiger partial charge in [0.15, 0.2) is 23.3 Å². The van der Waals surface area contributed by atoms with Crippen molar-refractivity contribution in [2.45, 2.75) is 0 Å². The second-order valence-corrected chi connectivity index (χ2v) is 4.97. The van der Waals surface area contributed by atoms with Crippen LogP contribution >= 0.6 is 0 Å². The smallest absolute Gasteiger partial charge is 0.348 e. The van der Waals surface area contributed by atoms with Gasteiger partial charge in [-0.15, -0.1) is 0 Å². The minimum Gasteiger partial charge on any atom is -0.493 e. The number of urea groups is 1. The van der Waals surface area contributed by atoms with Gasteiger partial charge in [0, 0.05) is 0 Å². The van der Waals surface area contributed by atoms with E-state index in [9.17, 15) is 37.1 Å². The topological polar surface area (TPSA) is 127 Å². The van der Waals surface area contributed by atoms with Crippen molar-refractivity contribution in [1.29, 1.82) is 0 Å². The first kappa shape index (κ1) is 17.1. The molecule has 0 aliphatic carbocycles. The summed E-state index contributed by atoms with van der Waals surface area (Å²) in [7, 11) is 0. The van der Waals surface area contributed by atoms with E-state index in [-0.39, 0.29) is 0 Å². The second kappa shape index (κ2) is 5.98. The molecule has 1 aliphatic rings. The van der Waals surface area contributed by atoms with Crippen molar-refractivity contribution in [2.75, 3.05) is 0 Å². The Labute approximate surface area is 139 Å². The van der Waals surface area contributed by atoms with E-state index in [2.05, 4.69) is 4.99 Å². The van der Waals surface area contributed by atoms with Crippen LogP contribution in [0.2, 0.25) is 0 Å². The number of nitrogens with zero attached hydrogens (tertiary/aromatic N) is 1. The molecule has 1 aliphatic heterocycles. The molecular formula is C14H6F4N4O4. The Bertz CT molecular complexity index is 1140. The molecule has 0 saturated carbocycles. The van der Waals surface area contributed by atoms with Gasteiger partial charge in [-0.05, 0) is 12.2 Å². The summed E-state index contributed by atoms with van der Waals surface area (Å²) in [5, 5.41) is 8.56. The van der Waals surface area contributed by atoms with Gasteiger partial charge in [-0.2, -0.15) is 4.99 Å². The van der Waals surface area contributed by atoms with Crippen molar-refractivity contribution < 1.29 is 32.3 Å². The van der Waals surface area contributed by atoms with Crippen molar-refractivity contribution in [3.8, 4) is 5.88 Å². The first-order valence-corrected chi connectivity index (χ1v) is 6.69. The molecular weight excluding hydrogens is 364 g/mol. The molecule has 1 aromatic heterocycles. The fourth-order valence-electron chi connectivity index (χ4n) is 2.14. The van der Waals surface area contributed by atoms with E-state index in [1.807, 2.05) is 9.97 Å². The normalized spacial score (nSPS) is 13.6. The summed E-state index contributed by atoms with van der Waals surface area (Å²) in [5.41, 5.74) is -2.18. The molecule has 12 heteroatoms. The van der Waals surface area contributed by atoms with Crippen LogP contribution in [0.5, 0.6) is 5.88 Å². The highest BCUT2D eigenvalue weighted by Crippen LogP contribution is 2.10. The lowest BCUT2D eigenvalue weighted by atomic mass is 10.1. The highest BCUT2D eigenvalue weighted by Gasteiger charge is 2.24. The predicted molar refractivity (Wildman–Crippen MR) is 77.6 cm³/mol. The molecule has 4 N–H and O–H groups in total. The molecule has 3 rings (SSSR count). The third-order valence-electron chi connectivity index (χ3n) is 3.31. The number of carbonyl (C=O) groups is 2. The molecule has 0 bridgehead atoms. The summed E-state index contributed by atoms with van der Waals surface area (Å²) in [6.07, 6.45) is 0.841. The average Bonchev–Trinajstić information content (AvgIpc) is 3.06. The lowest BCUT2D eigenvalue weighted by Gasteiger charge is -2.01. The maximum atomic E-state index is 14.2. The number of aromatic amines is 2. The minimum atomic E-state index is -1.87. The van der Waals surface area contributed by atoms with E-state index < -0.39 is 68.6 Å². The number of halogens is 4. The average molecular weight is 370 g/mol. The number of rotatable bonds is 2. The third-order valence-corrected chi connectivity index (χ3v) is 3.31. The molecule has 1 aromatic carbocycles. The van der Waals surface area contributed by atoms with Crippen LogP contribution in [-0.2, 0) is 4.79 Å². The summed E-state index contributed by atoms with van der Waals surface area (Å²) >= 11 is 0. The molecule has 8 nitrogen and oxygen atoms in total. The van der Waals surface area contributed by atoms with E-state index in [1.54, 1.807) is 5.32 Å². The number of hydrogen-bond acceptors (Lipinski definition) is 4. The Morgan fingerprint density at radius 2 is 1.38 bits per heavy atom. The number of aromatic hydroxyl groups is 1. The van der Waals surface area contributed by atoms with Gasteiger partial charge in [-0.3, -0.25) is 15.1 Å². The number of nitrogens with one attached hydrogen (secondary N) is 3. The van der Waals surface area contributed by atoms with Crippen LogP contribution in [0.25, 0.3) is 12.2 Å². The van der Waals surface area contributed by atoms with Crippen LogP contribution in [0, 0.1) is 23.3 Å². The zero-order valence-corrected chi connectivity index (χ0v) is 12.3. The van der Waals surface area contributed by atoms with Crippen molar-refractivity contribution in [2.24, 2.45) is 4.99 Å². The minimum absolute atomic E-state index is 0.372. The first-order chi connectivity index (χ1) is 12.2. The Morgan fingerprint density at radius 1 is 0.846 bits per heavy atom. The molecule has 2 aromatic rings. The predicted octanol–water partition coefficient (Wildman–Crippen LogP) is -0.735.